The van der Waals surface area contributed by atoms with Crippen LogP contribution in [-0.2, 0) is 0 Å². The molecule has 0 unspecified atom stereocenters. The Morgan fingerprint density at radius 1 is 1.40 bits per heavy atom. The summed E-state index contributed by atoms with van der Waals surface area (Å²) in [6.07, 6.45) is 4.32. The average molecular weight is 283 g/mol. The summed E-state index contributed by atoms with van der Waals surface area (Å²) in [6.45, 7) is -0.309. The van der Waals surface area contributed by atoms with E-state index in [4.69, 9.17) is 0 Å². The molecule has 0 spiro atoms. The van der Waals surface area contributed by atoms with E-state index in [1.165, 1.54) is 12.1 Å². The zero-order chi connectivity index (χ0) is 14.5. The normalized spacial score (nSPS) is 15.6. The molecule has 2 rings (SSSR count). The first-order valence-electron chi connectivity index (χ1n) is 6.97. The number of carbonyl (C=O) groups is 1. The Balaban J connectivity index is 2.14. The van der Waals surface area contributed by atoms with E-state index in [0.29, 0.717) is 12.1 Å². The Kier molecular flexibility index (Phi) is 4.93. The zero-order valence-electron chi connectivity index (χ0n) is 11.5. The highest BCUT2D eigenvalue weighted by Gasteiger charge is 2.26. The van der Waals surface area contributed by atoms with Crippen molar-refractivity contribution in [2.24, 2.45) is 0 Å². The van der Waals surface area contributed by atoms with Gasteiger partial charge in [-0.15, -0.1) is 0 Å². The number of nitrogens with zero attached hydrogens (tertiary/aromatic N) is 1. The minimum Gasteiger partial charge on any atom is -0.435 e. The molecule has 110 valence electrons. The van der Waals surface area contributed by atoms with Crippen molar-refractivity contribution in [1.29, 1.82) is 0 Å². The largest absolute Gasteiger partial charge is 0.435 e. The van der Waals surface area contributed by atoms with Crippen molar-refractivity contribution < 1.29 is 18.3 Å². The molecule has 0 heterocycles. The quantitative estimate of drug-likeness (QED) is 0.824. The van der Waals surface area contributed by atoms with Gasteiger partial charge in [-0.2, -0.15) is 8.78 Å². The molecule has 20 heavy (non-hydrogen) atoms. The minimum absolute atomic E-state index is 0.0216. The molecule has 0 N–H and O–H groups in total. The van der Waals surface area contributed by atoms with Crippen LogP contribution in [0, 0.1) is 0 Å². The van der Waals surface area contributed by atoms with Gasteiger partial charge >= 0.3 is 6.61 Å². The SMILES string of the molecule is CCN(C(=O)c1cccc(OC(F)F)c1)C1CCCC1. The molecule has 1 aliphatic rings. The molecule has 0 aliphatic heterocycles. The minimum atomic E-state index is -2.88. The lowest BCUT2D eigenvalue weighted by atomic mass is 10.1. The first kappa shape index (κ1) is 14.8. The number of alkyl halides is 2. The highest BCUT2D eigenvalue weighted by molar-refractivity contribution is 5.94. The Bertz CT molecular complexity index is 459. The summed E-state index contributed by atoms with van der Waals surface area (Å²) in [5.74, 6) is -0.0903. The van der Waals surface area contributed by atoms with Crippen LogP contribution in [0.25, 0.3) is 0 Å². The lowest BCUT2D eigenvalue weighted by Crippen LogP contribution is -2.38. The smallest absolute Gasteiger partial charge is 0.387 e. The summed E-state index contributed by atoms with van der Waals surface area (Å²) in [5.41, 5.74) is 0.400. The van der Waals surface area contributed by atoms with Crippen molar-refractivity contribution in [1.82, 2.24) is 4.90 Å². The second-order valence-corrected chi connectivity index (χ2v) is 4.94. The van der Waals surface area contributed by atoms with Crippen LogP contribution in [0.1, 0.15) is 43.0 Å². The first-order chi connectivity index (χ1) is 9.61. The molecule has 1 saturated carbocycles. The van der Waals surface area contributed by atoms with Crippen LogP contribution in [0.2, 0.25) is 0 Å². The van der Waals surface area contributed by atoms with E-state index in [0.717, 1.165) is 25.7 Å². The van der Waals surface area contributed by atoms with Crippen LogP contribution >= 0.6 is 0 Å². The van der Waals surface area contributed by atoms with Gasteiger partial charge in [-0.25, -0.2) is 0 Å². The molecule has 0 aromatic heterocycles. The van der Waals surface area contributed by atoms with Gasteiger partial charge in [-0.3, -0.25) is 4.79 Å². The van der Waals surface area contributed by atoms with Crippen LogP contribution in [0.15, 0.2) is 24.3 Å². The van der Waals surface area contributed by atoms with Gasteiger partial charge in [-0.1, -0.05) is 18.9 Å². The van der Waals surface area contributed by atoms with Crippen LogP contribution in [0.4, 0.5) is 8.78 Å². The molecule has 1 aromatic carbocycles. The number of halogens is 2. The van der Waals surface area contributed by atoms with Gasteiger partial charge in [0.1, 0.15) is 5.75 Å². The van der Waals surface area contributed by atoms with E-state index >= 15 is 0 Å². The maximum Gasteiger partial charge on any atom is 0.387 e. The average Bonchev–Trinajstić information content (AvgIpc) is 2.93. The van der Waals surface area contributed by atoms with Gasteiger partial charge in [0.15, 0.2) is 0 Å². The van der Waals surface area contributed by atoms with Gasteiger partial charge in [0.2, 0.25) is 0 Å². The molecule has 3 nitrogen and oxygen atoms in total. The van der Waals surface area contributed by atoms with Gasteiger partial charge in [-0.05, 0) is 38.0 Å². The number of ether oxygens (including phenoxy) is 1. The second-order valence-electron chi connectivity index (χ2n) is 4.94. The molecule has 0 bridgehead atoms. The molecule has 1 aromatic rings. The fraction of sp³-hybridized carbons (Fsp3) is 0.533. The van der Waals surface area contributed by atoms with Gasteiger partial charge in [0.25, 0.3) is 5.91 Å². The molecule has 1 aliphatic carbocycles. The maximum atomic E-state index is 12.5. The van der Waals surface area contributed by atoms with E-state index in [2.05, 4.69) is 4.74 Å². The third-order valence-electron chi connectivity index (χ3n) is 3.67. The van der Waals surface area contributed by atoms with Gasteiger partial charge < -0.3 is 9.64 Å². The van der Waals surface area contributed by atoms with E-state index in [1.807, 2.05) is 11.8 Å². The number of benzene rings is 1. The van der Waals surface area contributed by atoms with Crippen molar-refractivity contribution >= 4 is 5.91 Å². The predicted octanol–water partition coefficient (Wildman–Crippen LogP) is 3.69. The van der Waals surface area contributed by atoms with Crippen molar-refractivity contribution in [2.45, 2.75) is 45.3 Å². The van der Waals surface area contributed by atoms with Crippen molar-refractivity contribution in [3.8, 4) is 5.75 Å². The fourth-order valence-corrected chi connectivity index (χ4v) is 2.75. The third-order valence-corrected chi connectivity index (χ3v) is 3.67. The summed E-state index contributed by atoms with van der Waals surface area (Å²) in [5, 5.41) is 0. The van der Waals surface area contributed by atoms with Crippen LogP contribution < -0.4 is 4.74 Å². The summed E-state index contributed by atoms with van der Waals surface area (Å²) < 4.78 is 28.8. The Hall–Kier alpha value is -1.65. The van der Waals surface area contributed by atoms with Gasteiger partial charge in [0, 0.05) is 18.2 Å². The molecule has 1 amide bonds. The van der Waals surface area contributed by atoms with E-state index in [-0.39, 0.29) is 17.7 Å². The Labute approximate surface area is 117 Å². The summed E-state index contributed by atoms with van der Waals surface area (Å²) >= 11 is 0. The number of hydrogen-bond acceptors (Lipinski definition) is 2. The summed E-state index contributed by atoms with van der Waals surface area (Å²) in [7, 11) is 0. The van der Waals surface area contributed by atoms with Crippen LogP contribution in [0.5, 0.6) is 5.75 Å². The third kappa shape index (κ3) is 3.46. The highest BCUT2D eigenvalue weighted by Crippen LogP contribution is 2.25. The fourth-order valence-electron chi connectivity index (χ4n) is 2.75. The molecule has 0 saturated heterocycles. The second kappa shape index (κ2) is 6.68. The number of amides is 1. The standard InChI is InChI=1S/C15H19F2NO2/c1-2-18(12-7-3-4-8-12)14(19)11-6-5-9-13(10-11)20-15(16)17/h5-6,9-10,12,15H,2-4,7-8H2,1H3. The Morgan fingerprint density at radius 3 is 2.70 bits per heavy atom. The topological polar surface area (TPSA) is 29.5 Å². The maximum absolute atomic E-state index is 12.5. The number of carbonyl (C=O) groups excluding carboxylic acids is 1. The van der Waals surface area contributed by atoms with E-state index in [1.54, 1.807) is 12.1 Å². The first-order valence-corrected chi connectivity index (χ1v) is 6.97. The summed E-state index contributed by atoms with van der Waals surface area (Å²) in [4.78, 5) is 14.3. The van der Waals surface area contributed by atoms with Crippen molar-refractivity contribution in [3.63, 3.8) is 0 Å². The van der Waals surface area contributed by atoms with Crippen LogP contribution in [-0.4, -0.2) is 30.0 Å². The van der Waals surface area contributed by atoms with Gasteiger partial charge in [0.05, 0.1) is 0 Å². The lowest BCUT2D eigenvalue weighted by molar-refractivity contribution is -0.0499. The highest BCUT2D eigenvalue weighted by atomic mass is 19.3. The van der Waals surface area contributed by atoms with Crippen molar-refractivity contribution in [3.05, 3.63) is 29.8 Å². The number of hydrogen-bond donors (Lipinski definition) is 0. The van der Waals surface area contributed by atoms with Crippen molar-refractivity contribution in [2.75, 3.05) is 6.54 Å². The molecular formula is C15H19F2NO2. The molecule has 1 fully saturated rings. The molecular weight excluding hydrogens is 264 g/mol. The summed E-state index contributed by atoms with van der Waals surface area (Å²) in [6, 6.07) is 6.28. The molecule has 5 heteroatoms. The monoisotopic (exact) mass is 283 g/mol. The molecule has 0 atom stereocenters. The predicted molar refractivity (Wildman–Crippen MR) is 72.0 cm³/mol. The van der Waals surface area contributed by atoms with E-state index in [9.17, 15) is 13.6 Å². The zero-order valence-corrected chi connectivity index (χ0v) is 11.5. The Morgan fingerprint density at radius 2 is 2.10 bits per heavy atom. The number of rotatable bonds is 5. The molecule has 0 radical (unpaired) electrons. The van der Waals surface area contributed by atoms with Crippen LogP contribution in [0.3, 0.4) is 0 Å². The van der Waals surface area contributed by atoms with E-state index < -0.39 is 6.61 Å². The lowest BCUT2D eigenvalue weighted by Gasteiger charge is -2.27.